The standard InChI is InChI=1S/C9H17NO2/c1-4-5-6-7-9(2,3)8(11)10-12/h4-5,12H,6-7H2,1-3H3,(H,10,11). The fourth-order valence-corrected chi connectivity index (χ4v) is 0.876. The van der Waals surface area contributed by atoms with Crippen LogP contribution in [0.5, 0.6) is 0 Å². The molecule has 70 valence electrons. The molecule has 0 fully saturated rings. The summed E-state index contributed by atoms with van der Waals surface area (Å²) in [5.74, 6) is -0.327. The van der Waals surface area contributed by atoms with E-state index in [4.69, 9.17) is 5.21 Å². The molecule has 0 aromatic rings. The zero-order chi connectivity index (χ0) is 9.61. The number of allylic oxidation sites excluding steroid dienone is 2. The second-order valence-corrected chi connectivity index (χ2v) is 3.43. The van der Waals surface area contributed by atoms with Crippen LogP contribution in [0.15, 0.2) is 12.2 Å². The quantitative estimate of drug-likeness (QED) is 0.385. The van der Waals surface area contributed by atoms with Gasteiger partial charge in [-0.2, -0.15) is 0 Å². The zero-order valence-corrected chi connectivity index (χ0v) is 7.92. The Morgan fingerprint density at radius 3 is 2.58 bits per heavy atom. The Morgan fingerprint density at radius 2 is 2.17 bits per heavy atom. The number of carbonyl (C=O) groups is 1. The molecular weight excluding hydrogens is 154 g/mol. The van der Waals surface area contributed by atoms with Crippen LogP contribution >= 0.6 is 0 Å². The molecule has 0 saturated carbocycles. The van der Waals surface area contributed by atoms with Crippen molar-refractivity contribution < 1.29 is 10.0 Å². The van der Waals surface area contributed by atoms with Crippen LogP contribution in [0.2, 0.25) is 0 Å². The Balaban J connectivity index is 3.94. The number of hydroxylamine groups is 1. The molecule has 0 saturated heterocycles. The maximum absolute atomic E-state index is 11.0. The maximum Gasteiger partial charge on any atom is 0.248 e. The molecule has 0 unspecified atom stereocenters. The minimum Gasteiger partial charge on any atom is -0.289 e. The van der Waals surface area contributed by atoms with E-state index in [1.165, 1.54) is 0 Å². The van der Waals surface area contributed by atoms with Crippen molar-refractivity contribution >= 4 is 5.91 Å². The highest BCUT2D eigenvalue weighted by atomic mass is 16.5. The Bertz CT molecular complexity index is 173. The molecule has 0 bridgehead atoms. The fraction of sp³-hybridized carbons (Fsp3) is 0.667. The summed E-state index contributed by atoms with van der Waals surface area (Å²) in [6, 6.07) is 0. The lowest BCUT2D eigenvalue weighted by atomic mass is 9.87. The molecule has 12 heavy (non-hydrogen) atoms. The maximum atomic E-state index is 11.0. The van der Waals surface area contributed by atoms with E-state index in [0.717, 1.165) is 12.8 Å². The SMILES string of the molecule is CC=CCCC(C)(C)C(=O)NO. The first-order chi connectivity index (χ1) is 5.54. The summed E-state index contributed by atoms with van der Waals surface area (Å²) >= 11 is 0. The van der Waals surface area contributed by atoms with Crippen molar-refractivity contribution in [2.45, 2.75) is 33.6 Å². The van der Waals surface area contributed by atoms with E-state index in [2.05, 4.69) is 0 Å². The van der Waals surface area contributed by atoms with Gasteiger partial charge in [0.25, 0.3) is 0 Å². The lowest BCUT2D eigenvalue weighted by molar-refractivity contribution is -0.138. The van der Waals surface area contributed by atoms with Crippen LogP contribution in [-0.4, -0.2) is 11.1 Å². The van der Waals surface area contributed by atoms with Crippen LogP contribution in [0.1, 0.15) is 33.6 Å². The van der Waals surface area contributed by atoms with Crippen LogP contribution in [0.25, 0.3) is 0 Å². The average Bonchev–Trinajstić information content (AvgIpc) is 2.03. The molecule has 3 heteroatoms. The predicted molar refractivity (Wildman–Crippen MR) is 47.8 cm³/mol. The monoisotopic (exact) mass is 171 g/mol. The molecule has 0 atom stereocenters. The third kappa shape index (κ3) is 3.53. The first-order valence-corrected chi connectivity index (χ1v) is 4.10. The van der Waals surface area contributed by atoms with Crippen LogP contribution in [0, 0.1) is 5.41 Å². The highest BCUT2D eigenvalue weighted by Gasteiger charge is 2.25. The van der Waals surface area contributed by atoms with E-state index in [1.807, 2.05) is 32.9 Å². The molecule has 0 aliphatic heterocycles. The Morgan fingerprint density at radius 1 is 1.58 bits per heavy atom. The van der Waals surface area contributed by atoms with Crippen molar-refractivity contribution in [3.05, 3.63) is 12.2 Å². The van der Waals surface area contributed by atoms with Crippen LogP contribution in [0.4, 0.5) is 0 Å². The van der Waals surface area contributed by atoms with Gasteiger partial charge in [0.2, 0.25) is 5.91 Å². The zero-order valence-electron chi connectivity index (χ0n) is 7.92. The number of nitrogens with one attached hydrogen (secondary N) is 1. The first-order valence-electron chi connectivity index (χ1n) is 4.10. The molecule has 0 spiro atoms. The largest absolute Gasteiger partial charge is 0.289 e. The Kier molecular flexibility index (Phi) is 4.59. The Labute approximate surface area is 73.4 Å². The lowest BCUT2D eigenvalue weighted by Crippen LogP contribution is -2.34. The topological polar surface area (TPSA) is 49.3 Å². The van der Waals surface area contributed by atoms with E-state index in [-0.39, 0.29) is 5.91 Å². The molecular formula is C9H17NO2. The highest BCUT2D eigenvalue weighted by molar-refractivity contribution is 5.80. The molecule has 3 nitrogen and oxygen atoms in total. The average molecular weight is 171 g/mol. The summed E-state index contributed by atoms with van der Waals surface area (Å²) in [6.07, 6.45) is 5.56. The predicted octanol–water partition coefficient (Wildman–Crippen LogP) is 1.87. The molecule has 0 aliphatic carbocycles. The fourth-order valence-electron chi connectivity index (χ4n) is 0.876. The number of hydrogen-bond donors (Lipinski definition) is 2. The van der Waals surface area contributed by atoms with Gasteiger partial charge in [-0.1, -0.05) is 26.0 Å². The van der Waals surface area contributed by atoms with Gasteiger partial charge < -0.3 is 0 Å². The van der Waals surface area contributed by atoms with Gasteiger partial charge in [-0.3, -0.25) is 10.0 Å². The van der Waals surface area contributed by atoms with E-state index in [1.54, 1.807) is 5.48 Å². The van der Waals surface area contributed by atoms with Gasteiger partial charge >= 0.3 is 0 Å². The van der Waals surface area contributed by atoms with Gasteiger partial charge in [0.1, 0.15) is 0 Å². The van der Waals surface area contributed by atoms with E-state index >= 15 is 0 Å². The molecule has 0 radical (unpaired) electrons. The highest BCUT2D eigenvalue weighted by Crippen LogP contribution is 2.22. The number of amides is 1. The van der Waals surface area contributed by atoms with Crippen molar-refractivity contribution in [3.63, 3.8) is 0 Å². The van der Waals surface area contributed by atoms with Crippen molar-refractivity contribution in [2.75, 3.05) is 0 Å². The van der Waals surface area contributed by atoms with Crippen LogP contribution in [-0.2, 0) is 4.79 Å². The van der Waals surface area contributed by atoms with Crippen molar-refractivity contribution in [2.24, 2.45) is 5.41 Å². The number of carbonyl (C=O) groups excluding carboxylic acids is 1. The minimum absolute atomic E-state index is 0.327. The van der Waals surface area contributed by atoms with Crippen LogP contribution < -0.4 is 5.48 Å². The smallest absolute Gasteiger partial charge is 0.248 e. The van der Waals surface area contributed by atoms with E-state index in [0.29, 0.717) is 0 Å². The van der Waals surface area contributed by atoms with Gasteiger partial charge in [0.15, 0.2) is 0 Å². The molecule has 0 aliphatic rings. The van der Waals surface area contributed by atoms with E-state index < -0.39 is 5.41 Å². The molecule has 0 aromatic carbocycles. The summed E-state index contributed by atoms with van der Waals surface area (Å²) in [4.78, 5) is 11.0. The van der Waals surface area contributed by atoms with Gasteiger partial charge in [-0.15, -0.1) is 0 Å². The summed E-state index contributed by atoms with van der Waals surface area (Å²) in [6.45, 7) is 5.56. The second-order valence-electron chi connectivity index (χ2n) is 3.43. The lowest BCUT2D eigenvalue weighted by Gasteiger charge is -2.20. The summed E-state index contributed by atoms with van der Waals surface area (Å²) in [5, 5.41) is 8.41. The summed E-state index contributed by atoms with van der Waals surface area (Å²) in [7, 11) is 0. The molecule has 1 amide bonds. The van der Waals surface area contributed by atoms with Crippen molar-refractivity contribution in [3.8, 4) is 0 Å². The number of rotatable bonds is 4. The molecule has 2 N–H and O–H groups in total. The summed E-state index contributed by atoms with van der Waals surface area (Å²) < 4.78 is 0. The Hall–Kier alpha value is -0.830. The minimum atomic E-state index is -0.492. The van der Waals surface area contributed by atoms with Gasteiger partial charge in [-0.25, -0.2) is 5.48 Å². The van der Waals surface area contributed by atoms with Gasteiger partial charge in [-0.05, 0) is 19.8 Å². The van der Waals surface area contributed by atoms with Crippen molar-refractivity contribution in [1.82, 2.24) is 5.48 Å². The molecule has 0 heterocycles. The van der Waals surface area contributed by atoms with Crippen LogP contribution in [0.3, 0.4) is 0 Å². The third-order valence-corrected chi connectivity index (χ3v) is 1.89. The van der Waals surface area contributed by atoms with Crippen molar-refractivity contribution in [1.29, 1.82) is 0 Å². The second kappa shape index (κ2) is 4.93. The molecule has 0 rings (SSSR count). The molecule has 0 aromatic heterocycles. The number of hydrogen-bond acceptors (Lipinski definition) is 2. The first kappa shape index (κ1) is 11.2. The summed E-state index contributed by atoms with van der Waals surface area (Å²) in [5.41, 5.74) is 1.18. The van der Waals surface area contributed by atoms with E-state index in [9.17, 15) is 4.79 Å². The van der Waals surface area contributed by atoms with Gasteiger partial charge in [0, 0.05) is 5.41 Å². The third-order valence-electron chi connectivity index (χ3n) is 1.89. The normalized spacial score (nSPS) is 12.0. The van der Waals surface area contributed by atoms with Gasteiger partial charge in [0.05, 0.1) is 0 Å².